The molecule has 0 aliphatic heterocycles. The highest BCUT2D eigenvalue weighted by atomic mass is 79.9. The van der Waals surface area contributed by atoms with Crippen molar-refractivity contribution >= 4 is 21.9 Å². The summed E-state index contributed by atoms with van der Waals surface area (Å²) in [6, 6.07) is 3.91. The number of hydrogen-bond donors (Lipinski definition) is 0. The number of methoxy groups -OCH3 is 2. The minimum atomic E-state index is -0.261. The molecule has 4 heteroatoms. The third kappa shape index (κ3) is 2.98. The van der Waals surface area contributed by atoms with Crippen molar-refractivity contribution in [2.75, 3.05) is 14.2 Å². The highest BCUT2D eigenvalue weighted by Gasteiger charge is 2.11. The van der Waals surface area contributed by atoms with E-state index in [0.29, 0.717) is 0 Å². The van der Waals surface area contributed by atoms with Crippen LogP contribution >= 0.6 is 15.9 Å². The molecule has 1 aromatic carbocycles. The number of alkyl halides is 1. The van der Waals surface area contributed by atoms with E-state index in [4.69, 9.17) is 4.74 Å². The van der Waals surface area contributed by atoms with Crippen LogP contribution in [0.5, 0.6) is 5.75 Å². The molecule has 0 bridgehead atoms. The normalized spacial score (nSPS) is 10.0. The number of ether oxygens (including phenoxy) is 2. The maximum absolute atomic E-state index is 11.2. The van der Waals surface area contributed by atoms with Crippen molar-refractivity contribution in [2.45, 2.75) is 18.7 Å². The highest BCUT2D eigenvalue weighted by molar-refractivity contribution is 9.08. The molecule has 0 spiro atoms. The number of aryl methyl sites for hydroxylation is 1. The zero-order chi connectivity index (χ0) is 12.1. The zero-order valence-corrected chi connectivity index (χ0v) is 11.3. The quantitative estimate of drug-likeness (QED) is 0.631. The van der Waals surface area contributed by atoms with E-state index in [1.165, 1.54) is 7.11 Å². The summed E-state index contributed by atoms with van der Waals surface area (Å²) in [7, 11) is 2.98. The number of hydrogen-bond acceptors (Lipinski definition) is 3. The summed E-state index contributed by atoms with van der Waals surface area (Å²) >= 11 is 3.42. The fraction of sp³-hybridized carbons (Fsp3) is 0.417. The molecule has 0 saturated heterocycles. The van der Waals surface area contributed by atoms with Gasteiger partial charge in [0.2, 0.25) is 0 Å². The van der Waals surface area contributed by atoms with Gasteiger partial charge in [-0.15, -0.1) is 0 Å². The Hall–Kier alpha value is -1.03. The SMILES string of the molecule is COC(=O)Cc1cc(CBr)c(C)cc1OC. The first-order valence-electron chi connectivity index (χ1n) is 4.91. The second-order valence-electron chi connectivity index (χ2n) is 3.48. The molecule has 0 heterocycles. The number of carbonyl (C=O) groups is 1. The zero-order valence-electron chi connectivity index (χ0n) is 9.67. The second kappa shape index (κ2) is 5.89. The Bertz CT molecular complexity index is 388. The molecule has 0 fully saturated rings. The molecular weight excluding hydrogens is 272 g/mol. The first-order valence-corrected chi connectivity index (χ1v) is 6.03. The van der Waals surface area contributed by atoms with Gasteiger partial charge >= 0.3 is 5.97 Å². The van der Waals surface area contributed by atoms with Gasteiger partial charge in [0.05, 0.1) is 20.6 Å². The Morgan fingerprint density at radius 3 is 2.50 bits per heavy atom. The lowest BCUT2D eigenvalue weighted by Gasteiger charge is -2.11. The topological polar surface area (TPSA) is 35.5 Å². The predicted molar refractivity (Wildman–Crippen MR) is 66.1 cm³/mol. The van der Waals surface area contributed by atoms with Crippen LogP contribution in [0.25, 0.3) is 0 Å². The van der Waals surface area contributed by atoms with Crippen LogP contribution < -0.4 is 4.74 Å². The van der Waals surface area contributed by atoms with E-state index in [-0.39, 0.29) is 12.4 Å². The van der Waals surface area contributed by atoms with Crippen molar-refractivity contribution in [3.8, 4) is 5.75 Å². The van der Waals surface area contributed by atoms with Gasteiger partial charge in [-0.3, -0.25) is 4.79 Å². The van der Waals surface area contributed by atoms with Crippen LogP contribution in [0.15, 0.2) is 12.1 Å². The summed E-state index contributed by atoms with van der Waals surface area (Å²) in [5, 5.41) is 0.761. The third-order valence-corrected chi connectivity index (χ3v) is 3.05. The van der Waals surface area contributed by atoms with Crippen LogP contribution in [0.3, 0.4) is 0 Å². The van der Waals surface area contributed by atoms with Crippen LogP contribution in [-0.4, -0.2) is 20.2 Å². The van der Waals surface area contributed by atoms with Gasteiger partial charge in [-0.25, -0.2) is 0 Å². The predicted octanol–water partition coefficient (Wildman–Crippen LogP) is 2.61. The summed E-state index contributed by atoms with van der Waals surface area (Å²) in [5.74, 6) is 0.468. The highest BCUT2D eigenvalue weighted by Crippen LogP contribution is 2.25. The van der Waals surface area contributed by atoms with Gasteiger partial charge in [-0.05, 0) is 24.1 Å². The molecule has 0 saturated carbocycles. The Morgan fingerprint density at radius 2 is 2.00 bits per heavy atom. The third-order valence-electron chi connectivity index (χ3n) is 2.45. The fourth-order valence-electron chi connectivity index (χ4n) is 1.48. The largest absolute Gasteiger partial charge is 0.496 e. The van der Waals surface area contributed by atoms with E-state index in [2.05, 4.69) is 20.7 Å². The average Bonchev–Trinajstić information content (AvgIpc) is 2.30. The maximum Gasteiger partial charge on any atom is 0.310 e. The lowest BCUT2D eigenvalue weighted by molar-refractivity contribution is -0.139. The number of rotatable bonds is 4. The lowest BCUT2D eigenvalue weighted by Crippen LogP contribution is -2.07. The lowest BCUT2D eigenvalue weighted by atomic mass is 10.0. The van der Waals surface area contributed by atoms with E-state index < -0.39 is 0 Å². The molecule has 3 nitrogen and oxygen atoms in total. The minimum absolute atomic E-state index is 0.236. The van der Waals surface area contributed by atoms with E-state index in [1.54, 1.807) is 7.11 Å². The Balaban J connectivity index is 3.09. The van der Waals surface area contributed by atoms with E-state index in [1.807, 2.05) is 19.1 Å². The summed E-state index contributed by atoms with van der Waals surface area (Å²) in [6.07, 6.45) is 0.236. The van der Waals surface area contributed by atoms with Crippen molar-refractivity contribution in [2.24, 2.45) is 0 Å². The molecule has 1 aromatic rings. The molecular formula is C12H15BrO3. The maximum atomic E-state index is 11.2. The molecule has 1 rings (SSSR count). The van der Waals surface area contributed by atoms with Gasteiger partial charge in [0.15, 0.2) is 0 Å². The molecule has 0 atom stereocenters. The van der Waals surface area contributed by atoms with Crippen LogP contribution in [0.4, 0.5) is 0 Å². The van der Waals surface area contributed by atoms with Crippen molar-refractivity contribution in [1.82, 2.24) is 0 Å². The summed E-state index contributed by atoms with van der Waals surface area (Å²) < 4.78 is 9.90. The molecule has 88 valence electrons. The van der Waals surface area contributed by atoms with Gasteiger partial charge in [0.25, 0.3) is 0 Å². The second-order valence-corrected chi connectivity index (χ2v) is 4.04. The fourth-order valence-corrected chi connectivity index (χ4v) is 2.08. The standard InChI is InChI=1S/C12H15BrO3/c1-8-4-11(15-2)9(5-10(8)7-13)6-12(14)16-3/h4-5H,6-7H2,1-3H3. The van der Waals surface area contributed by atoms with Crippen molar-refractivity contribution in [3.63, 3.8) is 0 Å². The Labute approximate surface area is 104 Å². The monoisotopic (exact) mass is 286 g/mol. The van der Waals surface area contributed by atoms with Crippen molar-refractivity contribution in [1.29, 1.82) is 0 Å². The van der Waals surface area contributed by atoms with E-state index in [9.17, 15) is 4.79 Å². The van der Waals surface area contributed by atoms with Gasteiger partial charge in [0.1, 0.15) is 5.75 Å². The Morgan fingerprint density at radius 1 is 1.31 bits per heavy atom. The number of halogens is 1. The summed E-state index contributed by atoms with van der Waals surface area (Å²) in [4.78, 5) is 11.2. The van der Waals surface area contributed by atoms with Crippen molar-refractivity contribution < 1.29 is 14.3 Å². The van der Waals surface area contributed by atoms with Crippen LogP contribution in [0.2, 0.25) is 0 Å². The molecule has 16 heavy (non-hydrogen) atoms. The average molecular weight is 287 g/mol. The number of carbonyl (C=O) groups excluding carboxylic acids is 1. The first kappa shape index (κ1) is 13.0. The van der Waals surface area contributed by atoms with E-state index >= 15 is 0 Å². The summed E-state index contributed by atoms with van der Waals surface area (Å²) in [5.41, 5.74) is 3.15. The molecule has 0 aliphatic carbocycles. The molecule has 0 amide bonds. The molecule has 0 N–H and O–H groups in total. The molecule has 0 aromatic heterocycles. The minimum Gasteiger partial charge on any atom is -0.496 e. The summed E-state index contributed by atoms with van der Waals surface area (Å²) in [6.45, 7) is 2.01. The van der Waals surface area contributed by atoms with Gasteiger partial charge in [-0.2, -0.15) is 0 Å². The smallest absolute Gasteiger partial charge is 0.310 e. The van der Waals surface area contributed by atoms with Crippen molar-refractivity contribution in [3.05, 3.63) is 28.8 Å². The van der Waals surface area contributed by atoms with E-state index in [0.717, 1.165) is 27.8 Å². The molecule has 0 aliphatic rings. The molecule has 0 unspecified atom stereocenters. The van der Waals surface area contributed by atoms with Crippen LogP contribution in [0, 0.1) is 6.92 Å². The number of benzene rings is 1. The Kier molecular flexibility index (Phi) is 4.80. The first-order chi connectivity index (χ1) is 7.62. The van der Waals surface area contributed by atoms with Gasteiger partial charge in [-0.1, -0.05) is 22.0 Å². The molecule has 0 radical (unpaired) electrons. The number of esters is 1. The van der Waals surface area contributed by atoms with Crippen LogP contribution in [-0.2, 0) is 21.3 Å². The van der Waals surface area contributed by atoms with Crippen LogP contribution in [0.1, 0.15) is 16.7 Å². The van der Waals surface area contributed by atoms with Gasteiger partial charge < -0.3 is 9.47 Å². The van der Waals surface area contributed by atoms with Gasteiger partial charge in [0, 0.05) is 10.9 Å².